The lowest BCUT2D eigenvalue weighted by Gasteiger charge is -2.19. The van der Waals surface area contributed by atoms with Crippen LogP contribution < -0.4 is 14.8 Å². The summed E-state index contributed by atoms with van der Waals surface area (Å²) in [6, 6.07) is 14.3. The summed E-state index contributed by atoms with van der Waals surface area (Å²) in [5, 5.41) is 2.98. The van der Waals surface area contributed by atoms with Crippen LogP contribution in [0.2, 0.25) is 0 Å². The molecule has 150 valence electrons. The van der Waals surface area contributed by atoms with Gasteiger partial charge in [0.15, 0.2) is 6.10 Å². The predicted octanol–water partition coefficient (Wildman–Crippen LogP) is 4.48. The Balaban J connectivity index is 1.43. The molecule has 4 nitrogen and oxygen atoms in total. The second kappa shape index (κ2) is 10.2. The summed E-state index contributed by atoms with van der Waals surface area (Å²) in [5.41, 5.74) is 3.96. The highest BCUT2D eigenvalue weighted by Gasteiger charge is 2.16. The predicted molar refractivity (Wildman–Crippen MR) is 112 cm³/mol. The SMILES string of the molecule is CCOc1ccccc1CCCNC(=O)C(C)Oc1ccc2c(c1)CCCC2. The molecule has 1 aliphatic carbocycles. The van der Waals surface area contributed by atoms with Crippen molar-refractivity contribution in [2.75, 3.05) is 13.2 Å². The van der Waals surface area contributed by atoms with E-state index in [1.165, 1.54) is 29.5 Å². The molecule has 1 aliphatic rings. The number of carbonyl (C=O) groups is 1. The van der Waals surface area contributed by atoms with E-state index in [0.29, 0.717) is 13.2 Å². The number of hydrogen-bond acceptors (Lipinski definition) is 3. The molecule has 3 rings (SSSR count). The zero-order valence-corrected chi connectivity index (χ0v) is 17.0. The van der Waals surface area contributed by atoms with Crippen molar-refractivity contribution in [1.82, 2.24) is 5.32 Å². The Kier molecular flexibility index (Phi) is 7.35. The van der Waals surface area contributed by atoms with E-state index in [0.717, 1.165) is 37.2 Å². The zero-order chi connectivity index (χ0) is 19.8. The average Bonchev–Trinajstić information content (AvgIpc) is 2.72. The summed E-state index contributed by atoms with van der Waals surface area (Å²) in [6.45, 7) is 5.07. The maximum absolute atomic E-state index is 12.4. The molecular weight excluding hydrogens is 350 g/mol. The van der Waals surface area contributed by atoms with Crippen LogP contribution in [0.15, 0.2) is 42.5 Å². The van der Waals surface area contributed by atoms with E-state index >= 15 is 0 Å². The topological polar surface area (TPSA) is 47.6 Å². The van der Waals surface area contributed by atoms with Gasteiger partial charge in [-0.05, 0) is 87.3 Å². The van der Waals surface area contributed by atoms with Crippen molar-refractivity contribution in [2.24, 2.45) is 0 Å². The number of hydrogen-bond donors (Lipinski definition) is 1. The lowest BCUT2D eigenvalue weighted by atomic mass is 9.92. The summed E-state index contributed by atoms with van der Waals surface area (Å²) in [4.78, 5) is 12.4. The van der Waals surface area contributed by atoms with Gasteiger partial charge in [0.25, 0.3) is 5.91 Å². The summed E-state index contributed by atoms with van der Waals surface area (Å²) >= 11 is 0. The monoisotopic (exact) mass is 381 g/mol. The summed E-state index contributed by atoms with van der Waals surface area (Å²) < 4.78 is 11.5. The van der Waals surface area contributed by atoms with Gasteiger partial charge in [0.1, 0.15) is 11.5 Å². The van der Waals surface area contributed by atoms with Crippen molar-refractivity contribution >= 4 is 5.91 Å². The molecule has 1 unspecified atom stereocenters. The molecule has 0 radical (unpaired) electrons. The molecule has 0 bridgehead atoms. The van der Waals surface area contributed by atoms with Crippen LogP contribution in [0.5, 0.6) is 11.5 Å². The van der Waals surface area contributed by atoms with Crippen LogP contribution in [-0.4, -0.2) is 25.2 Å². The van der Waals surface area contributed by atoms with E-state index in [1.807, 2.05) is 31.2 Å². The molecule has 0 aliphatic heterocycles. The van der Waals surface area contributed by atoms with Crippen molar-refractivity contribution in [1.29, 1.82) is 0 Å². The van der Waals surface area contributed by atoms with Crippen LogP contribution in [0.25, 0.3) is 0 Å². The Morgan fingerprint density at radius 3 is 2.71 bits per heavy atom. The summed E-state index contributed by atoms with van der Waals surface area (Å²) in [7, 11) is 0. The molecule has 1 N–H and O–H groups in total. The van der Waals surface area contributed by atoms with Gasteiger partial charge in [-0.25, -0.2) is 0 Å². The third kappa shape index (κ3) is 5.51. The number of amides is 1. The number of rotatable bonds is 9. The second-order valence-corrected chi connectivity index (χ2v) is 7.33. The van der Waals surface area contributed by atoms with Crippen LogP contribution in [0, 0.1) is 0 Å². The maximum atomic E-state index is 12.4. The van der Waals surface area contributed by atoms with E-state index in [-0.39, 0.29) is 5.91 Å². The molecule has 0 saturated heterocycles. The summed E-state index contributed by atoms with van der Waals surface area (Å²) in [6.07, 6.45) is 5.99. The molecule has 0 aromatic heterocycles. The second-order valence-electron chi connectivity index (χ2n) is 7.33. The molecule has 0 fully saturated rings. The van der Waals surface area contributed by atoms with Crippen LogP contribution in [0.1, 0.15) is 49.8 Å². The van der Waals surface area contributed by atoms with E-state index in [2.05, 4.69) is 23.5 Å². The van der Waals surface area contributed by atoms with Gasteiger partial charge < -0.3 is 14.8 Å². The minimum Gasteiger partial charge on any atom is -0.494 e. The molecule has 28 heavy (non-hydrogen) atoms. The lowest BCUT2D eigenvalue weighted by molar-refractivity contribution is -0.127. The van der Waals surface area contributed by atoms with Gasteiger partial charge in [-0.1, -0.05) is 24.3 Å². The minimum atomic E-state index is -0.502. The van der Waals surface area contributed by atoms with Crippen molar-refractivity contribution < 1.29 is 14.3 Å². The fourth-order valence-electron chi connectivity index (χ4n) is 3.68. The quantitative estimate of drug-likeness (QED) is 0.652. The van der Waals surface area contributed by atoms with Gasteiger partial charge in [0, 0.05) is 6.54 Å². The largest absolute Gasteiger partial charge is 0.494 e. The molecular formula is C24H31NO3. The fourth-order valence-corrected chi connectivity index (χ4v) is 3.68. The van der Waals surface area contributed by atoms with E-state index in [4.69, 9.17) is 9.47 Å². The van der Waals surface area contributed by atoms with Crippen molar-refractivity contribution in [3.63, 3.8) is 0 Å². The van der Waals surface area contributed by atoms with Crippen LogP contribution in [0.4, 0.5) is 0 Å². The molecule has 0 saturated carbocycles. The number of carbonyl (C=O) groups excluding carboxylic acids is 1. The lowest BCUT2D eigenvalue weighted by Crippen LogP contribution is -2.37. The third-order valence-electron chi connectivity index (χ3n) is 5.20. The zero-order valence-electron chi connectivity index (χ0n) is 17.0. The number of aryl methyl sites for hydroxylation is 3. The van der Waals surface area contributed by atoms with Crippen molar-refractivity contribution in [3.05, 3.63) is 59.2 Å². The highest BCUT2D eigenvalue weighted by Crippen LogP contribution is 2.26. The Morgan fingerprint density at radius 1 is 1.11 bits per heavy atom. The molecule has 2 aromatic rings. The van der Waals surface area contributed by atoms with E-state index in [9.17, 15) is 4.79 Å². The third-order valence-corrected chi connectivity index (χ3v) is 5.20. The number of para-hydroxylation sites is 1. The number of ether oxygens (including phenoxy) is 2. The molecule has 1 amide bonds. The standard InChI is InChI=1S/C24H31NO3/c1-3-27-23-13-7-6-10-20(23)12-8-16-25-24(26)18(2)28-22-15-14-19-9-4-5-11-21(19)17-22/h6-7,10,13-15,17-18H,3-5,8-9,11-12,16H2,1-2H3,(H,25,26). The van der Waals surface area contributed by atoms with Crippen LogP contribution in [-0.2, 0) is 24.1 Å². The molecule has 1 atom stereocenters. The van der Waals surface area contributed by atoms with Gasteiger partial charge in [-0.3, -0.25) is 4.79 Å². The first-order chi connectivity index (χ1) is 13.7. The highest BCUT2D eigenvalue weighted by atomic mass is 16.5. The van der Waals surface area contributed by atoms with Gasteiger partial charge in [-0.2, -0.15) is 0 Å². The van der Waals surface area contributed by atoms with Crippen LogP contribution in [0.3, 0.4) is 0 Å². The number of benzene rings is 2. The normalized spacial score (nSPS) is 14.1. The minimum absolute atomic E-state index is 0.0733. The van der Waals surface area contributed by atoms with Gasteiger partial charge in [0.05, 0.1) is 6.61 Å². The molecule has 4 heteroatoms. The smallest absolute Gasteiger partial charge is 0.260 e. The first-order valence-electron chi connectivity index (χ1n) is 10.4. The van der Waals surface area contributed by atoms with Gasteiger partial charge in [0.2, 0.25) is 0 Å². The fraction of sp³-hybridized carbons (Fsp3) is 0.458. The van der Waals surface area contributed by atoms with E-state index in [1.54, 1.807) is 6.92 Å². The number of fused-ring (bicyclic) bond motifs is 1. The van der Waals surface area contributed by atoms with Crippen molar-refractivity contribution in [3.8, 4) is 11.5 Å². The number of nitrogens with one attached hydrogen (secondary N) is 1. The van der Waals surface area contributed by atoms with Crippen LogP contribution >= 0.6 is 0 Å². The first-order valence-corrected chi connectivity index (χ1v) is 10.4. The Hall–Kier alpha value is -2.49. The molecule has 0 spiro atoms. The first kappa shape index (κ1) is 20.2. The Labute approximate surface area is 168 Å². The molecule has 0 heterocycles. The van der Waals surface area contributed by atoms with Gasteiger partial charge >= 0.3 is 0 Å². The maximum Gasteiger partial charge on any atom is 0.260 e. The molecule has 2 aromatic carbocycles. The average molecular weight is 382 g/mol. The van der Waals surface area contributed by atoms with E-state index < -0.39 is 6.10 Å². The van der Waals surface area contributed by atoms with Crippen molar-refractivity contribution in [2.45, 2.75) is 58.5 Å². The highest BCUT2D eigenvalue weighted by molar-refractivity contribution is 5.80. The van der Waals surface area contributed by atoms with Gasteiger partial charge in [-0.15, -0.1) is 0 Å². The Bertz CT molecular complexity index is 787. The Morgan fingerprint density at radius 2 is 1.89 bits per heavy atom. The summed E-state index contributed by atoms with van der Waals surface area (Å²) in [5.74, 6) is 1.64.